The van der Waals surface area contributed by atoms with Gasteiger partial charge >= 0.3 is 0 Å². The third kappa shape index (κ3) is 3.64. The molecule has 0 saturated carbocycles. The van der Waals surface area contributed by atoms with Gasteiger partial charge in [-0.2, -0.15) is 0 Å². The SMILES string of the molecule is CC(C)(OC=O)C(=O)N(N)C(=O)CCN. The summed E-state index contributed by atoms with van der Waals surface area (Å²) in [6.07, 6.45) is -0.0423. The molecule has 0 unspecified atom stereocenters. The number of hydrogen-bond donors (Lipinski definition) is 2. The largest absolute Gasteiger partial charge is 0.452 e. The highest BCUT2D eigenvalue weighted by Crippen LogP contribution is 2.10. The van der Waals surface area contributed by atoms with E-state index in [1.807, 2.05) is 0 Å². The van der Waals surface area contributed by atoms with Gasteiger partial charge < -0.3 is 10.5 Å². The van der Waals surface area contributed by atoms with Gasteiger partial charge in [-0.15, -0.1) is 0 Å². The molecule has 0 aliphatic carbocycles. The molecule has 86 valence electrons. The normalized spacial score (nSPS) is 10.7. The second-order valence-corrected chi connectivity index (χ2v) is 3.33. The molecule has 4 N–H and O–H groups in total. The first-order chi connectivity index (χ1) is 6.86. The summed E-state index contributed by atoms with van der Waals surface area (Å²) in [6, 6.07) is 0. The van der Waals surface area contributed by atoms with Crippen molar-refractivity contribution < 1.29 is 19.1 Å². The molecule has 0 bridgehead atoms. The third-order valence-electron chi connectivity index (χ3n) is 1.70. The van der Waals surface area contributed by atoms with Gasteiger partial charge in [0.2, 0.25) is 5.91 Å². The zero-order valence-electron chi connectivity index (χ0n) is 8.73. The van der Waals surface area contributed by atoms with Crippen LogP contribution in [0.5, 0.6) is 0 Å². The van der Waals surface area contributed by atoms with E-state index in [1.165, 1.54) is 13.8 Å². The molecule has 0 aliphatic rings. The zero-order chi connectivity index (χ0) is 12.1. The monoisotopic (exact) mass is 217 g/mol. The van der Waals surface area contributed by atoms with Crippen molar-refractivity contribution in [3.63, 3.8) is 0 Å². The number of amides is 2. The summed E-state index contributed by atoms with van der Waals surface area (Å²) < 4.78 is 4.51. The Morgan fingerprint density at radius 1 is 1.47 bits per heavy atom. The van der Waals surface area contributed by atoms with Crippen LogP contribution in [-0.4, -0.2) is 35.4 Å². The highest BCUT2D eigenvalue weighted by Gasteiger charge is 2.35. The van der Waals surface area contributed by atoms with Crippen LogP contribution >= 0.6 is 0 Å². The topological polar surface area (TPSA) is 116 Å². The Morgan fingerprint density at radius 3 is 2.40 bits per heavy atom. The Hall–Kier alpha value is -1.47. The van der Waals surface area contributed by atoms with Gasteiger partial charge in [-0.25, -0.2) is 10.9 Å². The molecule has 0 aromatic rings. The summed E-state index contributed by atoms with van der Waals surface area (Å²) in [5.74, 6) is 3.83. The molecule has 0 heterocycles. The molecule has 0 saturated heterocycles. The van der Waals surface area contributed by atoms with E-state index in [2.05, 4.69) is 4.74 Å². The summed E-state index contributed by atoms with van der Waals surface area (Å²) in [4.78, 5) is 32.8. The molecule has 0 aromatic heterocycles. The average molecular weight is 217 g/mol. The predicted molar refractivity (Wildman–Crippen MR) is 50.9 cm³/mol. The van der Waals surface area contributed by atoms with Gasteiger partial charge in [-0.3, -0.25) is 14.4 Å². The van der Waals surface area contributed by atoms with Crippen LogP contribution in [0.2, 0.25) is 0 Å². The first-order valence-electron chi connectivity index (χ1n) is 4.30. The first kappa shape index (κ1) is 13.5. The Kier molecular flexibility index (Phi) is 4.89. The molecular formula is C8H15N3O4. The Bertz CT molecular complexity index is 265. The fourth-order valence-corrected chi connectivity index (χ4v) is 0.818. The zero-order valence-corrected chi connectivity index (χ0v) is 8.73. The molecule has 0 aromatic carbocycles. The lowest BCUT2D eigenvalue weighted by Gasteiger charge is -2.25. The van der Waals surface area contributed by atoms with E-state index in [-0.39, 0.29) is 19.4 Å². The van der Waals surface area contributed by atoms with Gasteiger partial charge in [0, 0.05) is 13.0 Å². The number of ether oxygens (including phenoxy) is 1. The molecule has 0 spiro atoms. The fourth-order valence-electron chi connectivity index (χ4n) is 0.818. The third-order valence-corrected chi connectivity index (χ3v) is 1.70. The molecule has 0 rings (SSSR count). The van der Waals surface area contributed by atoms with Gasteiger partial charge in [0.25, 0.3) is 12.4 Å². The molecular weight excluding hydrogens is 202 g/mol. The molecule has 0 aliphatic heterocycles. The van der Waals surface area contributed by atoms with Crippen LogP contribution in [-0.2, 0) is 19.1 Å². The summed E-state index contributed by atoms with van der Waals surface area (Å²) in [7, 11) is 0. The minimum absolute atomic E-state index is 0.0423. The van der Waals surface area contributed by atoms with E-state index in [9.17, 15) is 14.4 Å². The molecule has 0 atom stereocenters. The number of nitrogens with zero attached hydrogens (tertiary/aromatic N) is 1. The molecule has 0 radical (unpaired) electrons. The Morgan fingerprint density at radius 2 is 2.00 bits per heavy atom. The smallest absolute Gasteiger partial charge is 0.294 e. The van der Waals surface area contributed by atoms with Crippen molar-refractivity contribution in [1.82, 2.24) is 5.01 Å². The van der Waals surface area contributed by atoms with E-state index in [4.69, 9.17) is 11.6 Å². The summed E-state index contributed by atoms with van der Waals surface area (Å²) in [5, 5.41) is 0.413. The number of nitrogens with two attached hydrogens (primary N) is 2. The fraction of sp³-hybridized carbons (Fsp3) is 0.625. The lowest BCUT2D eigenvalue weighted by atomic mass is 10.1. The van der Waals surface area contributed by atoms with Crippen molar-refractivity contribution >= 4 is 18.3 Å². The number of imide groups is 1. The van der Waals surface area contributed by atoms with E-state index >= 15 is 0 Å². The van der Waals surface area contributed by atoms with Crippen molar-refractivity contribution in [3.05, 3.63) is 0 Å². The molecule has 15 heavy (non-hydrogen) atoms. The van der Waals surface area contributed by atoms with Gasteiger partial charge in [0.15, 0.2) is 5.60 Å². The van der Waals surface area contributed by atoms with Crippen molar-refractivity contribution in [2.75, 3.05) is 6.54 Å². The predicted octanol–water partition coefficient (Wildman–Crippen LogP) is -1.48. The standard InChI is InChI=1S/C8H15N3O4/c1-8(2,15-5-12)7(14)11(10)6(13)3-4-9/h5H,3-4,9-10H2,1-2H3. The van der Waals surface area contributed by atoms with E-state index < -0.39 is 17.4 Å². The van der Waals surface area contributed by atoms with Crippen LogP contribution in [0, 0.1) is 0 Å². The maximum Gasteiger partial charge on any atom is 0.294 e. The van der Waals surface area contributed by atoms with E-state index in [0.29, 0.717) is 5.01 Å². The van der Waals surface area contributed by atoms with E-state index in [1.54, 1.807) is 0 Å². The van der Waals surface area contributed by atoms with Crippen molar-refractivity contribution in [2.24, 2.45) is 11.6 Å². The van der Waals surface area contributed by atoms with Crippen LogP contribution < -0.4 is 11.6 Å². The second-order valence-electron chi connectivity index (χ2n) is 3.33. The minimum Gasteiger partial charge on any atom is -0.452 e. The van der Waals surface area contributed by atoms with Crippen LogP contribution in [0.15, 0.2) is 0 Å². The number of carbonyl (C=O) groups is 3. The lowest BCUT2D eigenvalue weighted by molar-refractivity contribution is -0.165. The summed E-state index contributed by atoms with van der Waals surface area (Å²) in [6.45, 7) is 2.88. The quantitative estimate of drug-likeness (QED) is 0.251. The van der Waals surface area contributed by atoms with Crippen LogP contribution in [0.25, 0.3) is 0 Å². The van der Waals surface area contributed by atoms with Crippen LogP contribution in [0.4, 0.5) is 0 Å². The highest BCUT2D eigenvalue weighted by atomic mass is 16.5. The molecule has 2 amide bonds. The van der Waals surface area contributed by atoms with Crippen LogP contribution in [0.3, 0.4) is 0 Å². The minimum atomic E-state index is -1.46. The first-order valence-corrected chi connectivity index (χ1v) is 4.30. The van der Waals surface area contributed by atoms with E-state index in [0.717, 1.165) is 0 Å². The number of rotatable bonds is 5. The molecule has 7 nitrogen and oxygen atoms in total. The Balaban J connectivity index is 4.55. The van der Waals surface area contributed by atoms with Crippen LogP contribution in [0.1, 0.15) is 20.3 Å². The van der Waals surface area contributed by atoms with Gasteiger partial charge in [-0.1, -0.05) is 0 Å². The maximum absolute atomic E-state index is 11.5. The van der Waals surface area contributed by atoms with Crippen molar-refractivity contribution in [3.8, 4) is 0 Å². The number of hydrogen-bond acceptors (Lipinski definition) is 6. The Labute approximate surface area is 87.3 Å². The summed E-state index contributed by atoms with van der Waals surface area (Å²) in [5.41, 5.74) is 3.68. The number of hydrazine groups is 1. The second kappa shape index (κ2) is 5.42. The summed E-state index contributed by atoms with van der Waals surface area (Å²) >= 11 is 0. The molecule has 7 heteroatoms. The number of carbonyl (C=O) groups excluding carboxylic acids is 3. The molecule has 0 fully saturated rings. The van der Waals surface area contributed by atoms with Gasteiger partial charge in [-0.05, 0) is 13.8 Å². The maximum atomic E-state index is 11.5. The van der Waals surface area contributed by atoms with Gasteiger partial charge in [0.05, 0.1) is 0 Å². The highest BCUT2D eigenvalue weighted by molar-refractivity contribution is 5.98. The van der Waals surface area contributed by atoms with Gasteiger partial charge in [0.1, 0.15) is 0 Å². The van der Waals surface area contributed by atoms with Crippen molar-refractivity contribution in [2.45, 2.75) is 25.9 Å². The average Bonchev–Trinajstić information content (AvgIpc) is 2.15. The lowest BCUT2D eigenvalue weighted by Crippen LogP contribution is -2.53. The van der Waals surface area contributed by atoms with Crippen molar-refractivity contribution in [1.29, 1.82) is 0 Å².